The van der Waals surface area contributed by atoms with Crippen molar-refractivity contribution in [3.63, 3.8) is 0 Å². The lowest BCUT2D eigenvalue weighted by Gasteiger charge is -2.26. The quantitative estimate of drug-likeness (QED) is 0.225. The lowest BCUT2D eigenvalue weighted by molar-refractivity contribution is -0.122. The van der Waals surface area contributed by atoms with E-state index in [4.69, 9.17) is 19.7 Å². The van der Waals surface area contributed by atoms with Gasteiger partial charge in [-0.25, -0.2) is 4.79 Å². The van der Waals surface area contributed by atoms with E-state index >= 15 is 0 Å². The fourth-order valence-electron chi connectivity index (χ4n) is 3.43. The molecule has 182 valence electrons. The number of benzene rings is 2. The maximum atomic E-state index is 12.6. The highest BCUT2D eigenvalue weighted by Crippen LogP contribution is 2.24. The average molecular weight is 474 g/mol. The van der Waals surface area contributed by atoms with Crippen molar-refractivity contribution in [2.45, 2.75) is 18.9 Å². The number of rotatable bonds is 8. The second-order valence-electron chi connectivity index (χ2n) is 7.51. The third-order valence-electron chi connectivity index (χ3n) is 5.19. The molecule has 0 saturated carbocycles. The minimum Gasteiger partial charge on any atom is -0.507 e. The van der Waals surface area contributed by atoms with E-state index in [1.807, 2.05) is 12.1 Å². The topological polar surface area (TPSA) is 177 Å². The number of carbonyl (C=O) groups is 3. The summed E-state index contributed by atoms with van der Waals surface area (Å²) in [6.45, 7) is 3.62. The molecule has 1 aliphatic rings. The Bertz CT molecular complexity index is 963. The molecule has 1 aliphatic heterocycles. The number of amides is 1. The van der Waals surface area contributed by atoms with Gasteiger partial charge in [-0.05, 0) is 35.7 Å². The number of morpholine rings is 1. The van der Waals surface area contributed by atoms with Gasteiger partial charge in [0.15, 0.2) is 0 Å². The highest BCUT2D eigenvalue weighted by atomic mass is 16.5. The second-order valence-corrected chi connectivity index (χ2v) is 7.51. The van der Waals surface area contributed by atoms with Gasteiger partial charge in [-0.2, -0.15) is 0 Å². The highest BCUT2D eigenvalue weighted by Gasteiger charge is 2.28. The summed E-state index contributed by atoms with van der Waals surface area (Å²) in [5, 5.41) is 48.1. The van der Waals surface area contributed by atoms with Crippen LogP contribution in [0.25, 0.3) is 0 Å². The Morgan fingerprint density at radius 1 is 1.12 bits per heavy atom. The van der Waals surface area contributed by atoms with Crippen LogP contribution in [0, 0.1) is 0 Å². The summed E-state index contributed by atoms with van der Waals surface area (Å²) in [5.41, 5.74) is 1.28. The van der Waals surface area contributed by atoms with E-state index in [0.717, 1.165) is 25.2 Å². The number of nitrogens with zero attached hydrogens (tertiary/aromatic N) is 1. The molecule has 0 radical (unpaired) electrons. The zero-order valence-electron chi connectivity index (χ0n) is 18.3. The van der Waals surface area contributed by atoms with Crippen molar-refractivity contribution in [3.05, 3.63) is 64.7 Å². The Morgan fingerprint density at radius 3 is 2.29 bits per heavy atom. The van der Waals surface area contributed by atoms with Crippen molar-refractivity contribution in [1.82, 2.24) is 10.2 Å². The van der Waals surface area contributed by atoms with E-state index in [2.05, 4.69) is 10.2 Å². The Labute approximate surface area is 196 Å². The number of carboxylic acid groups (broad SMARTS) is 2. The van der Waals surface area contributed by atoms with Crippen LogP contribution in [0.1, 0.15) is 31.8 Å². The van der Waals surface area contributed by atoms with Crippen LogP contribution in [-0.2, 0) is 22.5 Å². The number of carbonyl (C=O) groups excluding carboxylic acids is 1. The predicted molar refractivity (Wildman–Crippen MR) is 121 cm³/mol. The molecule has 0 spiro atoms. The summed E-state index contributed by atoms with van der Waals surface area (Å²) in [7, 11) is -1.91. The lowest BCUT2D eigenvalue weighted by Crippen LogP contribution is -2.47. The normalized spacial score (nSPS) is 14.3. The number of ether oxygens (including phenoxy) is 1. The molecule has 0 aliphatic carbocycles. The van der Waals surface area contributed by atoms with Gasteiger partial charge in [0.05, 0.1) is 19.2 Å². The number of carboxylic acids is 1. The second kappa shape index (κ2) is 13.3. The number of nitrogens with one attached hydrogen (secondary N) is 1. The molecule has 6 N–H and O–H groups in total. The number of hydrogen-bond acceptors (Lipinski definition) is 8. The maximum absolute atomic E-state index is 12.6. The summed E-state index contributed by atoms with van der Waals surface area (Å²) >= 11 is 0. The molecular formula is C22H27BN2O9. The van der Waals surface area contributed by atoms with Gasteiger partial charge in [0.1, 0.15) is 11.3 Å². The summed E-state index contributed by atoms with van der Waals surface area (Å²) in [5.74, 6) is -3.43. The molecule has 12 heteroatoms. The summed E-state index contributed by atoms with van der Waals surface area (Å²) in [4.78, 5) is 34.4. The molecule has 0 bridgehead atoms. The number of aromatic carboxylic acids is 1. The Balaban J connectivity index is 0.00000129. The van der Waals surface area contributed by atoms with E-state index in [-0.39, 0.29) is 24.0 Å². The van der Waals surface area contributed by atoms with Gasteiger partial charge in [-0.3, -0.25) is 14.5 Å². The summed E-state index contributed by atoms with van der Waals surface area (Å²) in [6.07, 6.45) is -0.161. The van der Waals surface area contributed by atoms with Crippen LogP contribution in [0.2, 0.25) is 0 Å². The van der Waals surface area contributed by atoms with Crippen molar-refractivity contribution < 1.29 is 44.5 Å². The number of aromatic hydroxyl groups is 1. The van der Waals surface area contributed by atoms with Crippen LogP contribution in [0.3, 0.4) is 0 Å². The predicted octanol–water partition coefficient (Wildman–Crippen LogP) is -0.0235. The molecule has 3 rings (SSSR count). The molecule has 2 aromatic carbocycles. The minimum absolute atomic E-state index is 0.161. The van der Waals surface area contributed by atoms with Gasteiger partial charge >= 0.3 is 13.1 Å². The van der Waals surface area contributed by atoms with E-state index in [0.29, 0.717) is 18.8 Å². The van der Waals surface area contributed by atoms with Crippen molar-refractivity contribution in [2.75, 3.05) is 26.3 Å². The van der Waals surface area contributed by atoms with Crippen molar-refractivity contribution >= 4 is 25.5 Å². The van der Waals surface area contributed by atoms with Gasteiger partial charge in [-0.1, -0.05) is 24.3 Å². The third-order valence-corrected chi connectivity index (χ3v) is 5.19. The van der Waals surface area contributed by atoms with Crippen molar-refractivity contribution in [1.29, 1.82) is 0 Å². The zero-order valence-corrected chi connectivity index (χ0v) is 18.3. The van der Waals surface area contributed by atoms with Gasteiger partial charge in [-0.15, -0.1) is 0 Å². The lowest BCUT2D eigenvalue weighted by atomic mass is 9.75. The van der Waals surface area contributed by atoms with Crippen LogP contribution < -0.4 is 5.32 Å². The Kier molecular flexibility index (Phi) is 10.5. The molecule has 0 unspecified atom stereocenters. The van der Waals surface area contributed by atoms with Crippen LogP contribution in [0.5, 0.6) is 5.75 Å². The van der Waals surface area contributed by atoms with Gasteiger partial charge in [0.25, 0.3) is 12.4 Å². The van der Waals surface area contributed by atoms with Crippen LogP contribution in [-0.4, -0.2) is 88.0 Å². The van der Waals surface area contributed by atoms with Crippen LogP contribution in [0.4, 0.5) is 0 Å². The molecule has 1 fully saturated rings. The molecule has 1 saturated heterocycles. The van der Waals surface area contributed by atoms with Crippen molar-refractivity contribution in [2.24, 2.45) is 0 Å². The van der Waals surface area contributed by atoms with E-state index < -0.39 is 30.7 Å². The first-order valence-corrected chi connectivity index (χ1v) is 10.4. The Morgan fingerprint density at radius 2 is 1.74 bits per heavy atom. The fourth-order valence-corrected chi connectivity index (χ4v) is 3.43. The fraction of sp³-hybridized carbons (Fsp3) is 0.318. The molecular weight excluding hydrogens is 447 g/mol. The molecule has 2 aromatic rings. The third kappa shape index (κ3) is 7.85. The standard InChI is InChI=1S/C21H25BN2O7.CH2O2/c25-19-16(2-1-3-17(19)21(27)28)12-18(22(29)30)23-20(26)15-6-4-14(5-7-15)13-24-8-10-31-11-9-24;2-1-3/h1-7,18,25,29-30H,8-13H2,(H,23,26)(H,27,28);1H,(H,2,3)/t18-;/m0./s1. The first-order chi connectivity index (χ1) is 16.3. The molecule has 1 heterocycles. The maximum Gasteiger partial charge on any atom is 0.475 e. The average Bonchev–Trinajstić information content (AvgIpc) is 2.81. The number of phenols is 1. The largest absolute Gasteiger partial charge is 0.507 e. The highest BCUT2D eigenvalue weighted by molar-refractivity contribution is 6.43. The zero-order chi connectivity index (χ0) is 25.1. The van der Waals surface area contributed by atoms with Crippen molar-refractivity contribution in [3.8, 4) is 5.75 Å². The van der Waals surface area contributed by atoms with E-state index in [9.17, 15) is 24.7 Å². The molecule has 1 amide bonds. The van der Waals surface area contributed by atoms with Gasteiger partial charge in [0, 0.05) is 25.2 Å². The smallest absolute Gasteiger partial charge is 0.475 e. The number of para-hydroxylation sites is 1. The number of hydrogen-bond donors (Lipinski definition) is 6. The SMILES string of the molecule is O=C(N[C@@H](Cc1cccc(C(=O)O)c1O)B(O)O)c1ccc(CN2CCOCC2)cc1.O=CO. The van der Waals surface area contributed by atoms with Gasteiger partial charge < -0.3 is 35.4 Å². The van der Waals surface area contributed by atoms with E-state index in [1.165, 1.54) is 18.2 Å². The summed E-state index contributed by atoms with van der Waals surface area (Å²) in [6, 6.07) is 11.2. The first-order valence-electron chi connectivity index (χ1n) is 10.4. The Hall–Kier alpha value is -3.45. The first kappa shape index (κ1) is 26.8. The van der Waals surface area contributed by atoms with Gasteiger partial charge in [0.2, 0.25) is 0 Å². The molecule has 1 atom stereocenters. The summed E-state index contributed by atoms with van der Waals surface area (Å²) < 4.78 is 5.33. The minimum atomic E-state index is -1.91. The molecule has 11 nitrogen and oxygen atoms in total. The molecule has 34 heavy (non-hydrogen) atoms. The van der Waals surface area contributed by atoms with Crippen LogP contribution >= 0.6 is 0 Å². The molecule has 0 aromatic heterocycles. The monoisotopic (exact) mass is 474 g/mol. The van der Waals surface area contributed by atoms with E-state index in [1.54, 1.807) is 12.1 Å². The van der Waals surface area contributed by atoms with Crippen LogP contribution in [0.15, 0.2) is 42.5 Å².